The molecule has 0 N–H and O–H groups in total. The first kappa shape index (κ1) is 23.1. The summed E-state index contributed by atoms with van der Waals surface area (Å²) in [6.45, 7) is 2.04. The molecule has 1 fully saturated rings. The van der Waals surface area contributed by atoms with Crippen LogP contribution >= 0.6 is 0 Å². The number of nitrogens with zero attached hydrogens (tertiary/aromatic N) is 1. The third-order valence-corrected chi connectivity index (χ3v) is 8.09. The summed E-state index contributed by atoms with van der Waals surface area (Å²) in [6, 6.07) is 9.60. The largest absolute Gasteiger partial charge is 0.454 e. The topological polar surface area (TPSA) is 115 Å². The van der Waals surface area contributed by atoms with Gasteiger partial charge in [0.1, 0.15) is 0 Å². The fraction of sp³-hybridized carbons (Fsp3) is 0.333. The lowest BCUT2D eigenvalue weighted by Gasteiger charge is -2.15. The van der Waals surface area contributed by atoms with Crippen molar-refractivity contribution in [3.8, 4) is 0 Å². The van der Waals surface area contributed by atoms with E-state index in [9.17, 15) is 26.4 Å². The van der Waals surface area contributed by atoms with Gasteiger partial charge in [0.05, 0.1) is 15.4 Å². The van der Waals surface area contributed by atoms with Crippen molar-refractivity contribution < 1.29 is 31.2 Å². The molecule has 10 heteroatoms. The van der Waals surface area contributed by atoms with Gasteiger partial charge >= 0.3 is 5.97 Å². The molecule has 1 heterocycles. The Bertz CT molecular complexity index is 1210. The molecule has 1 aliphatic rings. The second-order valence-electron chi connectivity index (χ2n) is 7.38. The Balaban J connectivity index is 1.68. The van der Waals surface area contributed by atoms with Crippen molar-refractivity contribution in [1.82, 2.24) is 4.31 Å². The summed E-state index contributed by atoms with van der Waals surface area (Å²) >= 11 is 0. The molecule has 0 aromatic heterocycles. The summed E-state index contributed by atoms with van der Waals surface area (Å²) in [4.78, 5) is 24.8. The summed E-state index contributed by atoms with van der Waals surface area (Å²) in [6.07, 6.45) is 2.69. The van der Waals surface area contributed by atoms with Crippen LogP contribution in [0.25, 0.3) is 0 Å². The summed E-state index contributed by atoms with van der Waals surface area (Å²) in [5.41, 5.74) is 0.777. The molecule has 8 nitrogen and oxygen atoms in total. The molecule has 0 aliphatic carbocycles. The lowest BCUT2D eigenvalue weighted by atomic mass is 10.1. The molecule has 0 spiro atoms. The molecule has 0 radical (unpaired) electrons. The SMILES string of the molecule is Cc1ccc(S(C)(=O)=O)cc1C(=O)OCC(=O)c1ccc(S(=O)(=O)N2CCCC2)cc1. The first-order valence-electron chi connectivity index (χ1n) is 9.61. The highest BCUT2D eigenvalue weighted by molar-refractivity contribution is 7.90. The van der Waals surface area contributed by atoms with E-state index in [1.54, 1.807) is 6.92 Å². The van der Waals surface area contributed by atoms with E-state index in [-0.39, 0.29) is 20.9 Å². The molecule has 0 atom stereocenters. The third-order valence-electron chi connectivity index (χ3n) is 5.07. The van der Waals surface area contributed by atoms with Crippen LogP contribution in [-0.2, 0) is 24.6 Å². The quantitative estimate of drug-likeness (QED) is 0.455. The Morgan fingerprint density at radius 2 is 1.52 bits per heavy atom. The number of ketones is 1. The fourth-order valence-corrected chi connectivity index (χ4v) is 5.40. The Kier molecular flexibility index (Phi) is 6.63. The van der Waals surface area contributed by atoms with Crippen LogP contribution in [0.2, 0.25) is 0 Å². The fourth-order valence-electron chi connectivity index (χ4n) is 3.23. The molecule has 2 aromatic rings. The van der Waals surface area contributed by atoms with E-state index < -0.39 is 38.2 Å². The van der Waals surface area contributed by atoms with Gasteiger partial charge in [-0.2, -0.15) is 4.31 Å². The number of sulfone groups is 1. The second kappa shape index (κ2) is 8.89. The summed E-state index contributed by atoms with van der Waals surface area (Å²) < 4.78 is 55.0. The zero-order valence-electron chi connectivity index (χ0n) is 17.2. The summed E-state index contributed by atoms with van der Waals surface area (Å²) in [5.74, 6) is -1.32. The van der Waals surface area contributed by atoms with Crippen LogP contribution < -0.4 is 0 Å². The number of Topliss-reactive ketones (excluding diaryl/α,β-unsaturated/α-hetero) is 1. The van der Waals surface area contributed by atoms with Crippen molar-refractivity contribution in [3.63, 3.8) is 0 Å². The Morgan fingerprint density at radius 3 is 2.10 bits per heavy atom. The molecule has 0 bridgehead atoms. The highest BCUT2D eigenvalue weighted by atomic mass is 32.2. The van der Waals surface area contributed by atoms with Crippen molar-refractivity contribution >= 4 is 31.6 Å². The highest BCUT2D eigenvalue weighted by Crippen LogP contribution is 2.21. The van der Waals surface area contributed by atoms with Gasteiger partial charge in [-0.15, -0.1) is 0 Å². The minimum atomic E-state index is -3.58. The predicted octanol–water partition coefficient (Wildman–Crippen LogP) is 2.22. The molecule has 1 saturated heterocycles. The average molecular weight is 466 g/mol. The number of benzene rings is 2. The van der Waals surface area contributed by atoms with Crippen LogP contribution in [0.3, 0.4) is 0 Å². The van der Waals surface area contributed by atoms with Crippen molar-refractivity contribution in [2.75, 3.05) is 26.0 Å². The number of hydrogen-bond acceptors (Lipinski definition) is 7. The van der Waals surface area contributed by atoms with E-state index in [1.807, 2.05) is 0 Å². The van der Waals surface area contributed by atoms with E-state index in [0.717, 1.165) is 19.1 Å². The lowest BCUT2D eigenvalue weighted by molar-refractivity contribution is 0.0473. The molecule has 0 unspecified atom stereocenters. The van der Waals surface area contributed by atoms with Gasteiger partial charge in [-0.1, -0.05) is 6.07 Å². The number of ether oxygens (including phenoxy) is 1. The smallest absolute Gasteiger partial charge is 0.338 e. The number of rotatable bonds is 7. The van der Waals surface area contributed by atoms with Gasteiger partial charge in [0.15, 0.2) is 22.2 Å². The number of esters is 1. The number of aryl methyl sites for hydroxylation is 1. The summed E-state index contributed by atoms with van der Waals surface area (Å²) in [5, 5.41) is 0. The van der Waals surface area contributed by atoms with E-state index in [1.165, 1.54) is 46.8 Å². The number of carbonyl (C=O) groups excluding carboxylic acids is 2. The van der Waals surface area contributed by atoms with Crippen LogP contribution in [0.15, 0.2) is 52.3 Å². The van der Waals surface area contributed by atoms with Gasteiger partial charge < -0.3 is 4.74 Å². The van der Waals surface area contributed by atoms with E-state index in [2.05, 4.69) is 0 Å². The number of hydrogen-bond donors (Lipinski definition) is 0. The Hall–Kier alpha value is -2.56. The maximum Gasteiger partial charge on any atom is 0.338 e. The maximum atomic E-state index is 12.5. The molecular weight excluding hydrogens is 442 g/mol. The van der Waals surface area contributed by atoms with Gasteiger partial charge in [-0.25, -0.2) is 21.6 Å². The van der Waals surface area contributed by atoms with Crippen LogP contribution in [0.4, 0.5) is 0 Å². The van der Waals surface area contributed by atoms with Gasteiger partial charge in [-0.05, 0) is 61.7 Å². The average Bonchev–Trinajstić information content (AvgIpc) is 3.27. The first-order valence-corrected chi connectivity index (χ1v) is 12.9. The lowest BCUT2D eigenvalue weighted by Crippen LogP contribution is -2.27. The molecule has 3 rings (SSSR count). The molecule has 2 aromatic carbocycles. The third kappa shape index (κ3) is 5.20. The summed E-state index contributed by atoms with van der Waals surface area (Å²) in [7, 11) is -7.08. The minimum absolute atomic E-state index is 0.0221. The molecule has 0 saturated carbocycles. The van der Waals surface area contributed by atoms with Crippen LogP contribution in [0, 0.1) is 6.92 Å². The molecule has 31 heavy (non-hydrogen) atoms. The highest BCUT2D eigenvalue weighted by Gasteiger charge is 2.27. The zero-order chi connectivity index (χ0) is 22.8. The zero-order valence-corrected chi connectivity index (χ0v) is 18.8. The van der Waals surface area contributed by atoms with Gasteiger partial charge in [0.25, 0.3) is 0 Å². The van der Waals surface area contributed by atoms with Crippen LogP contribution in [0.1, 0.15) is 39.1 Å². The first-order chi connectivity index (χ1) is 14.5. The van der Waals surface area contributed by atoms with Crippen molar-refractivity contribution in [1.29, 1.82) is 0 Å². The van der Waals surface area contributed by atoms with Crippen LogP contribution in [-0.4, -0.2) is 58.8 Å². The molecule has 166 valence electrons. The van der Waals surface area contributed by atoms with E-state index in [4.69, 9.17) is 4.74 Å². The van der Waals surface area contributed by atoms with Gasteiger partial charge in [0.2, 0.25) is 10.0 Å². The molecular formula is C21H23NO7S2. The number of carbonyl (C=O) groups is 2. The van der Waals surface area contributed by atoms with Crippen LogP contribution in [0.5, 0.6) is 0 Å². The van der Waals surface area contributed by atoms with Crippen molar-refractivity contribution in [2.24, 2.45) is 0 Å². The monoisotopic (exact) mass is 465 g/mol. The van der Waals surface area contributed by atoms with Crippen molar-refractivity contribution in [3.05, 3.63) is 59.2 Å². The normalized spacial score (nSPS) is 15.0. The van der Waals surface area contributed by atoms with Gasteiger partial charge in [0, 0.05) is 24.9 Å². The van der Waals surface area contributed by atoms with E-state index >= 15 is 0 Å². The standard InChI is InChI=1S/C21H23NO7S2/c1-15-5-8-18(30(2,25)26)13-19(15)21(24)29-14-20(23)16-6-9-17(10-7-16)31(27,28)22-11-3-4-12-22/h5-10,13H,3-4,11-12,14H2,1-2H3. The Labute approximate surface area is 181 Å². The Morgan fingerprint density at radius 1 is 0.935 bits per heavy atom. The molecule has 0 amide bonds. The van der Waals surface area contributed by atoms with Crippen molar-refractivity contribution in [2.45, 2.75) is 29.6 Å². The number of sulfonamides is 1. The minimum Gasteiger partial charge on any atom is -0.454 e. The second-order valence-corrected chi connectivity index (χ2v) is 11.3. The predicted molar refractivity (Wildman–Crippen MR) is 113 cm³/mol. The van der Waals surface area contributed by atoms with E-state index in [0.29, 0.717) is 18.7 Å². The maximum absolute atomic E-state index is 12.5. The van der Waals surface area contributed by atoms with Gasteiger partial charge in [-0.3, -0.25) is 4.79 Å². The molecule has 1 aliphatic heterocycles.